The maximum absolute atomic E-state index is 12.7. The fourth-order valence-corrected chi connectivity index (χ4v) is 3.67. The molecule has 1 aliphatic heterocycles. The minimum Gasteiger partial charge on any atom is -0.325 e. The Kier molecular flexibility index (Phi) is 4.44. The summed E-state index contributed by atoms with van der Waals surface area (Å²) in [5.41, 5.74) is 1.48. The Bertz CT molecular complexity index is 1280. The molecule has 0 radical (unpaired) electrons. The van der Waals surface area contributed by atoms with E-state index >= 15 is 0 Å². The number of hydrogen-bond acceptors (Lipinski definition) is 4. The molecule has 8 heteroatoms. The highest BCUT2D eigenvalue weighted by Gasteiger charge is 2.35. The highest BCUT2D eigenvalue weighted by atomic mass is 35.5. The van der Waals surface area contributed by atoms with Gasteiger partial charge in [-0.05, 0) is 35.7 Å². The highest BCUT2D eigenvalue weighted by Crippen LogP contribution is 2.29. The van der Waals surface area contributed by atoms with Crippen molar-refractivity contribution in [1.29, 1.82) is 0 Å². The van der Waals surface area contributed by atoms with E-state index in [1.54, 1.807) is 24.3 Å². The number of benzene rings is 3. The minimum absolute atomic E-state index is 0.0501. The van der Waals surface area contributed by atoms with Crippen LogP contribution in [0.25, 0.3) is 22.2 Å². The summed E-state index contributed by atoms with van der Waals surface area (Å²) in [4.78, 5) is 29.5. The molecule has 0 fully saturated rings. The van der Waals surface area contributed by atoms with Gasteiger partial charge in [0.25, 0.3) is 5.91 Å². The van der Waals surface area contributed by atoms with Gasteiger partial charge >= 0.3 is 0 Å². The van der Waals surface area contributed by atoms with Gasteiger partial charge in [0, 0.05) is 21.7 Å². The summed E-state index contributed by atoms with van der Waals surface area (Å²) in [7, 11) is 0. The lowest BCUT2D eigenvalue weighted by Crippen LogP contribution is -2.23. The minimum atomic E-state index is -0.761. The molecule has 0 spiro atoms. The van der Waals surface area contributed by atoms with Crippen molar-refractivity contribution in [1.82, 2.24) is 14.8 Å². The van der Waals surface area contributed by atoms with Crippen LogP contribution in [0.1, 0.15) is 12.5 Å². The zero-order chi connectivity index (χ0) is 20.7. The maximum Gasteiger partial charge on any atom is 0.252 e. The van der Waals surface area contributed by atoms with Crippen molar-refractivity contribution >= 4 is 45.8 Å². The van der Waals surface area contributed by atoms with Gasteiger partial charge in [-0.2, -0.15) is 4.98 Å². The van der Waals surface area contributed by atoms with Gasteiger partial charge in [0.2, 0.25) is 11.9 Å². The molecule has 0 bridgehead atoms. The first-order valence-corrected chi connectivity index (χ1v) is 9.77. The molecule has 2 heterocycles. The van der Waals surface area contributed by atoms with Gasteiger partial charge in [-0.3, -0.25) is 14.9 Å². The summed E-state index contributed by atoms with van der Waals surface area (Å²) < 4.78 is 1.47. The van der Waals surface area contributed by atoms with Crippen molar-refractivity contribution in [2.75, 3.05) is 10.6 Å². The Morgan fingerprint density at radius 2 is 1.83 bits per heavy atom. The number of halogens is 1. The van der Waals surface area contributed by atoms with E-state index in [2.05, 4.69) is 20.7 Å². The van der Waals surface area contributed by atoms with Gasteiger partial charge < -0.3 is 5.32 Å². The SMILES string of the molecule is O=C(C[C@H]1C(=O)Nc2nc(-c3ccc(Cl)cc3)nn21)Nc1cccc2ccccc12. The molecule has 0 saturated heterocycles. The summed E-state index contributed by atoms with van der Waals surface area (Å²) in [6.45, 7) is 0. The van der Waals surface area contributed by atoms with Crippen molar-refractivity contribution in [3.05, 3.63) is 71.8 Å². The smallest absolute Gasteiger partial charge is 0.252 e. The van der Waals surface area contributed by atoms with Crippen LogP contribution in [-0.4, -0.2) is 26.6 Å². The molecular weight excluding hydrogens is 402 g/mol. The fraction of sp³-hybridized carbons (Fsp3) is 0.0909. The predicted octanol–water partition coefficient (Wildman–Crippen LogP) is 4.27. The average molecular weight is 418 g/mol. The van der Waals surface area contributed by atoms with Crippen LogP contribution in [0.3, 0.4) is 0 Å². The molecule has 0 aliphatic carbocycles. The third-order valence-corrected chi connectivity index (χ3v) is 5.26. The number of aromatic nitrogens is 3. The predicted molar refractivity (Wildman–Crippen MR) is 115 cm³/mol. The Labute approximate surface area is 176 Å². The number of fused-ring (bicyclic) bond motifs is 2. The molecule has 5 rings (SSSR count). The molecule has 30 heavy (non-hydrogen) atoms. The van der Waals surface area contributed by atoms with Crippen LogP contribution in [0.15, 0.2) is 66.7 Å². The fourth-order valence-electron chi connectivity index (χ4n) is 3.54. The summed E-state index contributed by atoms with van der Waals surface area (Å²) in [5.74, 6) is 0.206. The van der Waals surface area contributed by atoms with E-state index in [4.69, 9.17) is 11.6 Å². The van der Waals surface area contributed by atoms with Crippen molar-refractivity contribution < 1.29 is 9.59 Å². The van der Waals surface area contributed by atoms with Gasteiger partial charge in [-0.15, -0.1) is 5.10 Å². The zero-order valence-electron chi connectivity index (χ0n) is 15.7. The Balaban J connectivity index is 1.37. The van der Waals surface area contributed by atoms with Crippen molar-refractivity contribution in [3.63, 3.8) is 0 Å². The Hall–Kier alpha value is -3.71. The van der Waals surface area contributed by atoms with E-state index in [9.17, 15) is 9.59 Å². The largest absolute Gasteiger partial charge is 0.325 e. The third-order valence-electron chi connectivity index (χ3n) is 5.01. The number of carbonyl (C=O) groups is 2. The first-order chi connectivity index (χ1) is 14.6. The topological polar surface area (TPSA) is 88.9 Å². The van der Waals surface area contributed by atoms with Crippen molar-refractivity contribution in [3.8, 4) is 11.4 Å². The first kappa shape index (κ1) is 18.3. The molecule has 1 aromatic heterocycles. The van der Waals surface area contributed by atoms with E-state index in [0.29, 0.717) is 22.5 Å². The van der Waals surface area contributed by atoms with Gasteiger partial charge in [-0.1, -0.05) is 48.0 Å². The van der Waals surface area contributed by atoms with E-state index in [1.807, 2.05) is 42.5 Å². The number of nitrogens with zero attached hydrogens (tertiary/aromatic N) is 3. The number of hydrogen-bond donors (Lipinski definition) is 2. The van der Waals surface area contributed by atoms with Gasteiger partial charge in [0.15, 0.2) is 5.82 Å². The quantitative estimate of drug-likeness (QED) is 0.518. The van der Waals surface area contributed by atoms with Crippen molar-refractivity contribution in [2.45, 2.75) is 12.5 Å². The van der Waals surface area contributed by atoms with E-state index in [-0.39, 0.29) is 18.2 Å². The van der Waals surface area contributed by atoms with Gasteiger partial charge in [-0.25, -0.2) is 4.68 Å². The van der Waals surface area contributed by atoms with E-state index in [1.165, 1.54) is 4.68 Å². The van der Waals surface area contributed by atoms with Crippen LogP contribution < -0.4 is 10.6 Å². The van der Waals surface area contributed by atoms with E-state index < -0.39 is 6.04 Å². The van der Waals surface area contributed by atoms with Crippen LogP contribution in [0.2, 0.25) is 5.02 Å². The molecule has 2 N–H and O–H groups in total. The molecule has 148 valence electrons. The molecule has 4 aromatic rings. The lowest BCUT2D eigenvalue weighted by atomic mass is 10.1. The molecule has 2 amide bonds. The molecule has 3 aromatic carbocycles. The third kappa shape index (κ3) is 3.29. The Morgan fingerprint density at radius 1 is 1.07 bits per heavy atom. The lowest BCUT2D eigenvalue weighted by molar-refractivity contribution is -0.123. The number of anilines is 2. The highest BCUT2D eigenvalue weighted by molar-refractivity contribution is 6.30. The van der Waals surface area contributed by atoms with Gasteiger partial charge in [0.1, 0.15) is 6.04 Å². The van der Waals surface area contributed by atoms with Crippen LogP contribution in [0.4, 0.5) is 11.6 Å². The summed E-state index contributed by atoms with van der Waals surface area (Å²) in [5, 5.41) is 12.6. The zero-order valence-corrected chi connectivity index (χ0v) is 16.4. The number of amides is 2. The Morgan fingerprint density at radius 3 is 2.67 bits per heavy atom. The number of nitrogens with one attached hydrogen (secondary N) is 2. The molecule has 0 unspecified atom stereocenters. The average Bonchev–Trinajstić information content (AvgIpc) is 3.27. The van der Waals surface area contributed by atoms with Crippen LogP contribution in [0, 0.1) is 0 Å². The van der Waals surface area contributed by atoms with Crippen LogP contribution in [-0.2, 0) is 9.59 Å². The lowest BCUT2D eigenvalue weighted by Gasteiger charge is -2.11. The molecule has 1 aliphatic rings. The molecular formula is C22H16ClN5O2. The molecule has 7 nitrogen and oxygen atoms in total. The molecule has 0 saturated carbocycles. The normalized spacial score (nSPS) is 15.1. The maximum atomic E-state index is 12.7. The first-order valence-electron chi connectivity index (χ1n) is 9.39. The monoisotopic (exact) mass is 417 g/mol. The number of rotatable bonds is 4. The van der Waals surface area contributed by atoms with Crippen molar-refractivity contribution in [2.24, 2.45) is 0 Å². The van der Waals surface area contributed by atoms with E-state index in [0.717, 1.165) is 16.3 Å². The van der Waals surface area contributed by atoms with Crippen LogP contribution >= 0.6 is 11.6 Å². The van der Waals surface area contributed by atoms with Crippen LogP contribution in [0.5, 0.6) is 0 Å². The summed E-state index contributed by atoms with van der Waals surface area (Å²) in [6, 6.07) is 19.8. The molecule has 1 atom stereocenters. The second-order valence-corrected chi connectivity index (χ2v) is 7.43. The summed E-state index contributed by atoms with van der Waals surface area (Å²) in [6.07, 6.45) is -0.0501. The number of carbonyl (C=O) groups excluding carboxylic acids is 2. The second kappa shape index (κ2) is 7.27. The standard InChI is InChI=1S/C22H16ClN5O2/c23-15-10-8-14(9-11-15)20-25-22-26-21(30)18(28(22)27-20)12-19(29)24-17-7-3-5-13-4-1-2-6-16(13)17/h1-11,18H,12H2,(H,24,29)(H,25,26,27,30)/t18-/m0/s1. The second-order valence-electron chi connectivity index (χ2n) is 6.99. The van der Waals surface area contributed by atoms with Gasteiger partial charge in [0.05, 0.1) is 6.42 Å². The summed E-state index contributed by atoms with van der Waals surface area (Å²) >= 11 is 5.93.